The molecule has 0 aromatic heterocycles. The fourth-order valence-electron chi connectivity index (χ4n) is 0.813. The summed E-state index contributed by atoms with van der Waals surface area (Å²) in [6.45, 7) is 2.25. The van der Waals surface area contributed by atoms with Gasteiger partial charge in [0.25, 0.3) is 0 Å². The third-order valence-corrected chi connectivity index (χ3v) is 4.35. The van der Waals surface area contributed by atoms with Crippen molar-refractivity contribution in [1.82, 2.24) is 5.32 Å². The molecular formula is C8H11NOS2. The van der Waals surface area contributed by atoms with Crippen LogP contribution in [0.15, 0.2) is 0 Å². The molecule has 0 saturated carbocycles. The first kappa shape index (κ1) is 9.82. The molecule has 1 N–H and O–H groups in total. The Morgan fingerprint density at radius 3 is 2.83 bits per heavy atom. The van der Waals surface area contributed by atoms with Crippen LogP contribution in [0.4, 0.5) is 0 Å². The molecule has 1 aliphatic heterocycles. The van der Waals surface area contributed by atoms with E-state index >= 15 is 0 Å². The maximum Gasteiger partial charge on any atom is 0.244 e. The molecule has 0 aromatic carbocycles. The van der Waals surface area contributed by atoms with E-state index < -0.39 is 0 Å². The van der Waals surface area contributed by atoms with Crippen LogP contribution in [0, 0.1) is 11.8 Å². The minimum Gasteiger partial charge on any atom is -0.343 e. The van der Waals surface area contributed by atoms with Crippen LogP contribution in [0.1, 0.15) is 6.92 Å². The van der Waals surface area contributed by atoms with Crippen molar-refractivity contribution in [2.45, 2.75) is 11.5 Å². The van der Waals surface area contributed by atoms with E-state index in [2.05, 4.69) is 17.2 Å². The number of nitrogens with one attached hydrogen (secondary N) is 1. The molecule has 1 aliphatic rings. The van der Waals surface area contributed by atoms with Crippen LogP contribution in [0.3, 0.4) is 0 Å². The van der Waals surface area contributed by atoms with Crippen LogP contribution in [-0.4, -0.2) is 28.5 Å². The molecule has 0 aromatic rings. The fourth-order valence-corrected chi connectivity index (χ4v) is 3.44. The lowest BCUT2D eigenvalue weighted by atomic mass is 10.5. The molecule has 0 radical (unpaired) electrons. The standard InChI is InChI=1S/C8H11NOS2/c1-2-3-4-9-7(10)8-11-5-6-12-8/h8H,4-6H2,1H3,(H,9,10). The lowest BCUT2D eigenvalue weighted by molar-refractivity contribution is -0.118. The van der Waals surface area contributed by atoms with Crippen molar-refractivity contribution >= 4 is 29.4 Å². The van der Waals surface area contributed by atoms with Crippen molar-refractivity contribution in [1.29, 1.82) is 0 Å². The number of thioether (sulfide) groups is 2. The van der Waals surface area contributed by atoms with Gasteiger partial charge in [-0.25, -0.2) is 0 Å². The number of hydrogen-bond donors (Lipinski definition) is 1. The van der Waals surface area contributed by atoms with Gasteiger partial charge in [-0.15, -0.1) is 29.4 Å². The molecule has 0 bridgehead atoms. The van der Waals surface area contributed by atoms with Crippen LogP contribution >= 0.6 is 23.5 Å². The van der Waals surface area contributed by atoms with E-state index in [-0.39, 0.29) is 10.5 Å². The maximum atomic E-state index is 11.3. The SMILES string of the molecule is CC#CCNC(=O)C1SCCS1. The molecule has 1 amide bonds. The van der Waals surface area contributed by atoms with Crippen LogP contribution in [0.5, 0.6) is 0 Å². The van der Waals surface area contributed by atoms with Gasteiger partial charge in [-0.1, -0.05) is 5.92 Å². The number of amides is 1. The Kier molecular flexibility index (Phi) is 4.41. The molecule has 0 aliphatic carbocycles. The van der Waals surface area contributed by atoms with Crippen molar-refractivity contribution in [2.24, 2.45) is 0 Å². The van der Waals surface area contributed by atoms with E-state index in [9.17, 15) is 4.79 Å². The van der Waals surface area contributed by atoms with E-state index in [1.807, 2.05) is 0 Å². The quantitative estimate of drug-likeness (QED) is 0.674. The van der Waals surface area contributed by atoms with Gasteiger partial charge in [0.2, 0.25) is 5.91 Å². The van der Waals surface area contributed by atoms with Gasteiger partial charge < -0.3 is 5.32 Å². The zero-order chi connectivity index (χ0) is 8.81. The smallest absolute Gasteiger partial charge is 0.244 e. The summed E-state index contributed by atoms with van der Waals surface area (Å²) in [5, 5.41) is 2.77. The summed E-state index contributed by atoms with van der Waals surface area (Å²) >= 11 is 3.42. The Morgan fingerprint density at radius 2 is 2.25 bits per heavy atom. The van der Waals surface area contributed by atoms with Gasteiger partial charge in [-0.05, 0) is 6.92 Å². The second-order valence-electron chi connectivity index (χ2n) is 2.22. The molecule has 1 heterocycles. The highest BCUT2D eigenvalue weighted by atomic mass is 32.2. The summed E-state index contributed by atoms with van der Waals surface area (Å²) < 4.78 is 0.101. The molecule has 1 fully saturated rings. The van der Waals surface area contributed by atoms with Gasteiger partial charge in [0.05, 0.1) is 6.54 Å². The second kappa shape index (κ2) is 5.39. The molecule has 1 rings (SSSR count). The number of carbonyl (C=O) groups is 1. The van der Waals surface area contributed by atoms with Crippen molar-refractivity contribution < 1.29 is 4.79 Å². The average Bonchev–Trinajstić information content (AvgIpc) is 2.56. The normalized spacial score (nSPS) is 16.8. The first-order chi connectivity index (χ1) is 5.84. The molecule has 4 heteroatoms. The summed E-state index contributed by atoms with van der Waals surface area (Å²) in [6, 6.07) is 0. The highest BCUT2D eigenvalue weighted by Crippen LogP contribution is 2.31. The summed E-state index contributed by atoms with van der Waals surface area (Å²) in [5.41, 5.74) is 0. The van der Waals surface area contributed by atoms with Crippen LogP contribution < -0.4 is 5.32 Å². The van der Waals surface area contributed by atoms with Gasteiger partial charge in [-0.2, -0.15) is 0 Å². The van der Waals surface area contributed by atoms with E-state index in [0.717, 1.165) is 11.5 Å². The van der Waals surface area contributed by atoms with Gasteiger partial charge in [0.15, 0.2) is 0 Å². The van der Waals surface area contributed by atoms with Gasteiger partial charge >= 0.3 is 0 Å². The fraction of sp³-hybridized carbons (Fsp3) is 0.625. The molecule has 66 valence electrons. The third kappa shape index (κ3) is 3.00. The van der Waals surface area contributed by atoms with Crippen LogP contribution in [-0.2, 0) is 4.79 Å². The first-order valence-electron chi connectivity index (χ1n) is 3.75. The predicted octanol–water partition coefficient (Wildman–Crippen LogP) is 0.932. The summed E-state index contributed by atoms with van der Waals surface area (Å²) in [6.07, 6.45) is 0. The van der Waals surface area contributed by atoms with Crippen LogP contribution in [0.2, 0.25) is 0 Å². The Morgan fingerprint density at radius 1 is 1.58 bits per heavy atom. The summed E-state index contributed by atoms with van der Waals surface area (Å²) in [7, 11) is 0. The molecule has 2 nitrogen and oxygen atoms in total. The molecule has 0 atom stereocenters. The maximum absolute atomic E-state index is 11.3. The number of carbonyl (C=O) groups excluding carboxylic acids is 1. The van der Waals surface area contributed by atoms with Crippen LogP contribution in [0.25, 0.3) is 0 Å². The zero-order valence-corrected chi connectivity index (χ0v) is 8.56. The second-order valence-corrected chi connectivity index (χ2v) is 4.94. The zero-order valence-electron chi connectivity index (χ0n) is 6.92. The monoisotopic (exact) mass is 201 g/mol. The molecule has 1 saturated heterocycles. The number of rotatable bonds is 2. The van der Waals surface area contributed by atoms with E-state index in [1.165, 1.54) is 0 Å². The topological polar surface area (TPSA) is 29.1 Å². The lowest BCUT2D eigenvalue weighted by Crippen LogP contribution is -2.29. The van der Waals surface area contributed by atoms with Crippen molar-refractivity contribution in [3.63, 3.8) is 0 Å². The lowest BCUT2D eigenvalue weighted by Gasteiger charge is -2.05. The minimum absolute atomic E-state index is 0.101. The van der Waals surface area contributed by atoms with E-state index in [0.29, 0.717) is 6.54 Å². The summed E-state index contributed by atoms with van der Waals surface area (Å²) in [4.78, 5) is 11.3. The van der Waals surface area contributed by atoms with Gasteiger partial charge in [0, 0.05) is 11.5 Å². The predicted molar refractivity (Wildman–Crippen MR) is 55.2 cm³/mol. The Bertz CT molecular complexity index is 213. The Hall–Kier alpha value is -0.270. The highest BCUT2D eigenvalue weighted by molar-refractivity contribution is 8.21. The molecule has 0 spiro atoms. The molecule has 0 unspecified atom stereocenters. The van der Waals surface area contributed by atoms with E-state index in [4.69, 9.17) is 0 Å². The highest BCUT2D eigenvalue weighted by Gasteiger charge is 2.23. The first-order valence-corrected chi connectivity index (χ1v) is 5.85. The van der Waals surface area contributed by atoms with Gasteiger partial charge in [0.1, 0.15) is 4.58 Å². The van der Waals surface area contributed by atoms with Gasteiger partial charge in [-0.3, -0.25) is 4.79 Å². The number of hydrogen-bond acceptors (Lipinski definition) is 3. The van der Waals surface area contributed by atoms with Crippen molar-refractivity contribution in [3.8, 4) is 11.8 Å². The molecular weight excluding hydrogens is 190 g/mol. The van der Waals surface area contributed by atoms with Crippen molar-refractivity contribution in [2.75, 3.05) is 18.1 Å². The average molecular weight is 201 g/mol. The summed E-state index contributed by atoms with van der Waals surface area (Å²) in [5.74, 6) is 7.82. The van der Waals surface area contributed by atoms with E-state index in [1.54, 1.807) is 30.4 Å². The molecule has 12 heavy (non-hydrogen) atoms. The minimum atomic E-state index is 0.101. The Balaban J connectivity index is 2.21. The third-order valence-electron chi connectivity index (χ3n) is 1.36. The largest absolute Gasteiger partial charge is 0.343 e. The Labute approximate surface area is 81.2 Å². The van der Waals surface area contributed by atoms with Crippen molar-refractivity contribution in [3.05, 3.63) is 0 Å².